The molecule has 12 heavy (non-hydrogen) atoms. The number of hydrogen-bond acceptors (Lipinski definition) is 3. The van der Waals surface area contributed by atoms with Crippen LogP contribution < -0.4 is 5.32 Å². The molecule has 0 aromatic carbocycles. The minimum Gasteiger partial charge on any atom is -0.314 e. The Hall–Kier alpha value is -0.120. The largest absolute Gasteiger partial charge is 0.314 e. The second kappa shape index (κ2) is 3.73. The summed E-state index contributed by atoms with van der Waals surface area (Å²) in [4.78, 5) is 5.08. The molecule has 0 bridgehead atoms. The van der Waals surface area contributed by atoms with Gasteiger partial charge in [0.1, 0.15) is 0 Å². The fourth-order valence-electron chi connectivity index (χ4n) is 1.96. The van der Waals surface area contributed by atoms with Crippen molar-refractivity contribution in [3.63, 3.8) is 0 Å². The molecule has 2 rings (SSSR count). The van der Waals surface area contributed by atoms with Crippen molar-refractivity contribution in [1.29, 1.82) is 0 Å². The van der Waals surface area contributed by atoms with Crippen molar-refractivity contribution < 1.29 is 0 Å². The fourth-order valence-corrected chi connectivity index (χ4v) is 1.96. The first kappa shape index (κ1) is 8.48. The van der Waals surface area contributed by atoms with Crippen molar-refractivity contribution in [1.82, 2.24) is 15.1 Å². The van der Waals surface area contributed by atoms with Crippen LogP contribution in [0.25, 0.3) is 0 Å². The number of rotatable bonds is 1. The lowest BCUT2D eigenvalue weighted by molar-refractivity contribution is 0.151. The maximum Gasteiger partial charge on any atom is 0.0345 e. The normalized spacial score (nSPS) is 29.8. The van der Waals surface area contributed by atoms with E-state index in [2.05, 4.69) is 22.2 Å². The first-order valence-electron chi connectivity index (χ1n) is 4.99. The van der Waals surface area contributed by atoms with Gasteiger partial charge in [-0.25, -0.2) is 0 Å². The molecule has 0 saturated carbocycles. The summed E-state index contributed by atoms with van der Waals surface area (Å²) in [6.07, 6.45) is 1.34. The van der Waals surface area contributed by atoms with Crippen LogP contribution in [0.15, 0.2) is 0 Å². The smallest absolute Gasteiger partial charge is 0.0345 e. The Bertz CT molecular complexity index is 145. The second-order valence-corrected chi connectivity index (χ2v) is 4.00. The van der Waals surface area contributed by atoms with E-state index in [1.807, 2.05) is 0 Å². The summed E-state index contributed by atoms with van der Waals surface area (Å²) in [5, 5.41) is 3.33. The highest BCUT2D eigenvalue weighted by atomic mass is 15.3. The van der Waals surface area contributed by atoms with Crippen molar-refractivity contribution in [3.05, 3.63) is 0 Å². The van der Waals surface area contributed by atoms with E-state index >= 15 is 0 Å². The third-order valence-electron chi connectivity index (χ3n) is 3.03. The van der Waals surface area contributed by atoms with Gasteiger partial charge < -0.3 is 10.2 Å². The van der Waals surface area contributed by atoms with Crippen LogP contribution in [0.4, 0.5) is 0 Å². The molecule has 0 amide bonds. The van der Waals surface area contributed by atoms with Crippen LogP contribution in [0.3, 0.4) is 0 Å². The van der Waals surface area contributed by atoms with Gasteiger partial charge >= 0.3 is 0 Å². The second-order valence-electron chi connectivity index (χ2n) is 4.00. The van der Waals surface area contributed by atoms with Crippen LogP contribution in [0.1, 0.15) is 6.42 Å². The van der Waals surface area contributed by atoms with Crippen LogP contribution in [-0.2, 0) is 0 Å². The molecule has 0 unspecified atom stereocenters. The molecule has 0 spiro atoms. The van der Waals surface area contributed by atoms with E-state index in [0.717, 1.165) is 6.04 Å². The van der Waals surface area contributed by atoms with Crippen LogP contribution >= 0.6 is 0 Å². The molecule has 0 aliphatic carbocycles. The number of nitrogens with zero attached hydrogens (tertiary/aromatic N) is 2. The average Bonchev–Trinajstić information content (AvgIpc) is 2.12. The zero-order valence-corrected chi connectivity index (χ0v) is 7.92. The first-order valence-corrected chi connectivity index (χ1v) is 4.99. The third-order valence-corrected chi connectivity index (χ3v) is 3.03. The van der Waals surface area contributed by atoms with E-state index in [1.165, 1.54) is 45.7 Å². The van der Waals surface area contributed by atoms with Gasteiger partial charge in [0.05, 0.1) is 0 Å². The van der Waals surface area contributed by atoms with Crippen molar-refractivity contribution in [2.24, 2.45) is 0 Å². The summed E-state index contributed by atoms with van der Waals surface area (Å²) in [6.45, 7) is 7.51. The Labute approximate surface area is 74.7 Å². The monoisotopic (exact) mass is 169 g/mol. The SMILES string of the molecule is CN1CCCN(C2CNC2)CC1. The Morgan fingerprint density at radius 3 is 2.58 bits per heavy atom. The maximum atomic E-state index is 3.33. The molecule has 2 fully saturated rings. The summed E-state index contributed by atoms with van der Waals surface area (Å²) in [7, 11) is 2.22. The summed E-state index contributed by atoms with van der Waals surface area (Å²) < 4.78 is 0. The molecule has 0 radical (unpaired) electrons. The zero-order valence-electron chi connectivity index (χ0n) is 7.92. The fraction of sp³-hybridized carbons (Fsp3) is 1.00. The van der Waals surface area contributed by atoms with E-state index in [9.17, 15) is 0 Å². The summed E-state index contributed by atoms with van der Waals surface area (Å²) in [6, 6.07) is 0.844. The van der Waals surface area contributed by atoms with Crippen molar-refractivity contribution in [2.45, 2.75) is 12.5 Å². The molecule has 2 heterocycles. The maximum absolute atomic E-state index is 3.33. The molecular formula is C9H19N3. The summed E-state index contributed by atoms with van der Waals surface area (Å²) in [5.41, 5.74) is 0. The lowest BCUT2D eigenvalue weighted by atomic mass is 10.1. The Morgan fingerprint density at radius 2 is 1.92 bits per heavy atom. The lowest BCUT2D eigenvalue weighted by Gasteiger charge is -2.37. The minimum absolute atomic E-state index is 0.844. The van der Waals surface area contributed by atoms with Gasteiger partial charge in [-0.1, -0.05) is 0 Å². The van der Waals surface area contributed by atoms with Gasteiger partial charge in [0.15, 0.2) is 0 Å². The van der Waals surface area contributed by atoms with Crippen molar-refractivity contribution >= 4 is 0 Å². The van der Waals surface area contributed by atoms with Crippen LogP contribution in [0, 0.1) is 0 Å². The molecule has 0 aromatic rings. The predicted octanol–water partition coefficient (Wildman–Crippen LogP) is -0.404. The molecule has 1 N–H and O–H groups in total. The molecule has 3 nitrogen and oxygen atoms in total. The predicted molar refractivity (Wildman–Crippen MR) is 50.3 cm³/mol. The van der Waals surface area contributed by atoms with E-state index in [4.69, 9.17) is 0 Å². The Kier molecular flexibility index (Phi) is 2.63. The van der Waals surface area contributed by atoms with Gasteiger partial charge in [-0.05, 0) is 26.6 Å². The molecule has 2 aliphatic heterocycles. The van der Waals surface area contributed by atoms with Gasteiger partial charge in [-0.2, -0.15) is 0 Å². The average molecular weight is 169 g/mol. The van der Waals surface area contributed by atoms with E-state index in [-0.39, 0.29) is 0 Å². The Balaban J connectivity index is 1.81. The minimum atomic E-state index is 0.844. The molecule has 0 aromatic heterocycles. The van der Waals surface area contributed by atoms with Gasteiger partial charge in [-0.3, -0.25) is 4.90 Å². The number of nitrogens with one attached hydrogen (secondary N) is 1. The molecule has 70 valence electrons. The van der Waals surface area contributed by atoms with E-state index in [1.54, 1.807) is 0 Å². The molecule has 3 heteroatoms. The standard InChI is InChI=1S/C9H19N3/c1-11-3-2-4-12(6-5-11)9-7-10-8-9/h9-10H,2-8H2,1H3. The van der Waals surface area contributed by atoms with Gasteiger partial charge in [0.25, 0.3) is 0 Å². The quantitative estimate of drug-likeness (QED) is 0.576. The highest BCUT2D eigenvalue weighted by Gasteiger charge is 2.25. The summed E-state index contributed by atoms with van der Waals surface area (Å²) in [5.74, 6) is 0. The summed E-state index contributed by atoms with van der Waals surface area (Å²) >= 11 is 0. The molecule has 0 atom stereocenters. The third kappa shape index (κ3) is 1.79. The highest BCUT2D eigenvalue weighted by Crippen LogP contribution is 2.08. The van der Waals surface area contributed by atoms with Gasteiger partial charge in [0.2, 0.25) is 0 Å². The Morgan fingerprint density at radius 1 is 1.08 bits per heavy atom. The van der Waals surface area contributed by atoms with E-state index in [0.29, 0.717) is 0 Å². The van der Waals surface area contributed by atoms with Crippen molar-refractivity contribution in [3.8, 4) is 0 Å². The lowest BCUT2D eigenvalue weighted by Crippen LogP contribution is -2.57. The van der Waals surface area contributed by atoms with E-state index < -0.39 is 0 Å². The number of likely N-dealkylation sites (N-methyl/N-ethyl adjacent to an activating group) is 1. The molecule has 2 saturated heterocycles. The van der Waals surface area contributed by atoms with Crippen LogP contribution in [-0.4, -0.2) is 62.2 Å². The molecule has 2 aliphatic rings. The highest BCUT2D eigenvalue weighted by molar-refractivity contribution is 4.85. The van der Waals surface area contributed by atoms with Crippen molar-refractivity contribution in [2.75, 3.05) is 46.3 Å². The zero-order chi connectivity index (χ0) is 8.39. The van der Waals surface area contributed by atoms with Gasteiger partial charge in [-0.15, -0.1) is 0 Å². The topological polar surface area (TPSA) is 18.5 Å². The van der Waals surface area contributed by atoms with Crippen LogP contribution in [0.2, 0.25) is 0 Å². The van der Waals surface area contributed by atoms with Crippen LogP contribution in [0.5, 0.6) is 0 Å². The van der Waals surface area contributed by atoms with Gasteiger partial charge in [0, 0.05) is 32.2 Å². The number of hydrogen-bond donors (Lipinski definition) is 1. The first-order chi connectivity index (χ1) is 5.86. The molecular weight excluding hydrogens is 150 g/mol.